The zero-order valence-electron chi connectivity index (χ0n) is 15.2. The maximum absolute atomic E-state index is 12.8. The first-order valence-corrected chi connectivity index (χ1v) is 9.54. The summed E-state index contributed by atoms with van der Waals surface area (Å²) in [4.78, 5) is 37.8. The van der Waals surface area contributed by atoms with Crippen molar-refractivity contribution < 1.29 is 14.4 Å². The summed E-state index contributed by atoms with van der Waals surface area (Å²) >= 11 is 0. The van der Waals surface area contributed by atoms with E-state index in [1.807, 2.05) is 18.3 Å². The zero-order chi connectivity index (χ0) is 19.3. The van der Waals surface area contributed by atoms with E-state index in [1.165, 1.54) is 0 Å². The lowest BCUT2D eigenvalue weighted by atomic mass is 10.0. The molecule has 0 radical (unpaired) electrons. The summed E-state index contributed by atoms with van der Waals surface area (Å²) in [5, 5.41) is 14.2. The number of carbonyl (C=O) groups excluding carboxylic acids is 3. The second-order valence-electron chi connectivity index (χ2n) is 7.48. The predicted octanol–water partition coefficient (Wildman–Crippen LogP) is 0.453. The third kappa shape index (κ3) is 2.78. The van der Waals surface area contributed by atoms with E-state index >= 15 is 0 Å². The minimum atomic E-state index is -0.604. The van der Waals surface area contributed by atoms with Gasteiger partial charge < -0.3 is 10.2 Å². The summed E-state index contributed by atoms with van der Waals surface area (Å²) in [6.07, 6.45) is 4.71. The van der Waals surface area contributed by atoms with Gasteiger partial charge in [0, 0.05) is 18.5 Å². The van der Waals surface area contributed by atoms with Crippen LogP contribution in [0.3, 0.4) is 0 Å². The number of hydrogen-bond donors (Lipinski definition) is 2. The molecule has 9 nitrogen and oxygen atoms in total. The number of aromatic nitrogens is 3. The van der Waals surface area contributed by atoms with Crippen LogP contribution in [-0.4, -0.2) is 50.2 Å². The molecule has 2 fully saturated rings. The van der Waals surface area contributed by atoms with Crippen molar-refractivity contribution in [3.05, 3.63) is 41.2 Å². The molecule has 2 N–H and O–H groups in total. The number of carbonyl (C=O) groups is 3. The van der Waals surface area contributed by atoms with Gasteiger partial charge in [-0.1, -0.05) is 5.21 Å². The Kier molecular flexibility index (Phi) is 3.97. The first-order chi connectivity index (χ1) is 13.6. The number of benzene rings is 1. The maximum Gasteiger partial charge on any atom is 0.255 e. The lowest BCUT2D eigenvalue weighted by molar-refractivity contribution is -0.136. The summed E-state index contributed by atoms with van der Waals surface area (Å²) in [7, 11) is 0. The number of hydrogen-bond acceptors (Lipinski definition) is 6. The molecule has 0 aliphatic carbocycles. The van der Waals surface area contributed by atoms with Crippen LogP contribution in [0.5, 0.6) is 0 Å². The molecular formula is C19H20N6O3. The number of amides is 3. The summed E-state index contributed by atoms with van der Waals surface area (Å²) in [5.41, 5.74) is 3.18. The highest BCUT2D eigenvalue weighted by molar-refractivity contribution is 6.05. The topological polar surface area (TPSA) is 109 Å². The lowest BCUT2D eigenvalue weighted by Crippen LogP contribution is -2.52. The minimum absolute atomic E-state index is 0.175. The Labute approximate surface area is 161 Å². The largest absolute Gasteiger partial charge is 0.322 e. The van der Waals surface area contributed by atoms with Gasteiger partial charge in [-0.25, -0.2) is 4.68 Å². The molecule has 2 unspecified atom stereocenters. The average Bonchev–Trinajstić information content (AvgIpc) is 3.41. The summed E-state index contributed by atoms with van der Waals surface area (Å²) in [5.74, 6) is -0.862. The Bertz CT molecular complexity index is 978. The molecule has 0 bridgehead atoms. The van der Waals surface area contributed by atoms with Crippen molar-refractivity contribution >= 4 is 17.7 Å². The van der Waals surface area contributed by atoms with E-state index in [-0.39, 0.29) is 24.3 Å². The standard InChI is InChI=1S/C19H20N6O3/c26-17-6-5-16(18(27)21-17)24-9-11-8-12(3-4-13(11)19(24)28)25-10-15(22-23-25)14-2-1-7-20-14/h3-4,8,10,14,16,20H,1-2,5-7,9H2,(H,21,26,27). The van der Waals surface area contributed by atoms with Gasteiger partial charge in [0.2, 0.25) is 11.8 Å². The van der Waals surface area contributed by atoms with Crippen LogP contribution in [0.4, 0.5) is 0 Å². The highest BCUT2D eigenvalue weighted by Crippen LogP contribution is 2.29. The van der Waals surface area contributed by atoms with Crippen molar-refractivity contribution in [2.45, 2.75) is 44.3 Å². The number of nitrogens with zero attached hydrogens (tertiary/aromatic N) is 4. The zero-order valence-corrected chi connectivity index (χ0v) is 15.2. The van der Waals surface area contributed by atoms with E-state index in [0.717, 1.165) is 36.3 Å². The van der Waals surface area contributed by atoms with Crippen LogP contribution >= 0.6 is 0 Å². The highest BCUT2D eigenvalue weighted by atomic mass is 16.2. The van der Waals surface area contributed by atoms with Crippen LogP contribution in [0.2, 0.25) is 0 Å². The van der Waals surface area contributed by atoms with Crippen LogP contribution in [0, 0.1) is 0 Å². The van der Waals surface area contributed by atoms with Gasteiger partial charge in [0.05, 0.1) is 17.9 Å². The Morgan fingerprint density at radius 2 is 2.04 bits per heavy atom. The van der Waals surface area contributed by atoms with Gasteiger partial charge >= 0.3 is 0 Å². The van der Waals surface area contributed by atoms with Gasteiger partial charge in [-0.05, 0) is 49.6 Å². The molecule has 3 amide bonds. The van der Waals surface area contributed by atoms with E-state index in [0.29, 0.717) is 18.5 Å². The predicted molar refractivity (Wildman–Crippen MR) is 97.4 cm³/mol. The summed E-state index contributed by atoms with van der Waals surface area (Å²) in [6, 6.07) is 5.17. The molecule has 1 aromatic heterocycles. The van der Waals surface area contributed by atoms with Crippen molar-refractivity contribution in [1.82, 2.24) is 30.5 Å². The molecule has 3 aliphatic rings. The van der Waals surface area contributed by atoms with Gasteiger partial charge in [-0.2, -0.15) is 0 Å². The summed E-state index contributed by atoms with van der Waals surface area (Å²) in [6.45, 7) is 1.34. The van der Waals surface area contributed by atoms with Crippen molar-refractivity contribution in [2.24, 2.45) is 0 Å². The minimum Gasteiger partial charge on any atom is -0.322 e. The molecule has 1 aromatic carbocycles. The normalized spacial score (nSPS) is 24.6. The van der Waals surface area contributed by atoms with Gasteiger partial charge in [0.15, 0.2) is 0 Å². The molecular weight excluding hydrogens is 360 g/mol. The quantitative estimate of drug-likeness (QED) is 0.749. The molecule has 3 aliphatic heterocycles. The van der Waals surface area contributed by atoms with Crippen LogP contribution in [-0.2, 0) is 16.1 Å². The number of piperidine rings is 1. The molecule has 4 heterocycles. The van der Waals surface area contributed by atoms with Crippen molar-refractivity contribution in [3.63, 3.8) is 0 Å². The Hall–Kier alpha value is -3.07. The fourth-order valence-corrected chi connectivity index (χ4v) is 4.20. The second kappa shape index (κ2) is 6.52. The van der Waals surface area contributed by atoms with Crippen LogP contribution in [0.1, 0.15) is 53.3 Å². The molecule has 2 aromatic rings. The second-order valence-corrected chi connectivity index (χ2v) is 7.48. The number of nitrogens with one attached hydrogen (secondary N) is 2. The fourth-order valence-electron chi connectivity index (χ4n) is 4.20. The first-order valence-electron chi connectivity index (χ1n) is 9.54. The van der Waals surface area contributed by atoms with Gasteiger partial charge in [0.25, 0.3) is 5.91 Å². The molecule has 9 heteroatoms. The van der Waals surface area contributed by atoms with Crippen LogP contribution in [0.25, 0.3) is 5.69 Å². The molecule has 144 valence electrons. The SMILES string of the molecule is O=C1CCC(N2Cc3cc(-n4cc(C5CCCN5)nn4)ccc3C2=O)C(=O)N1. The molecule has 28 heavy (non-hydrogen) atoms. The van der Waals surface area contributed by atoms with Crippen molar-refractivity contribution in [3.8, 4) is 5.69 Å². The molecule has 2 saturated heterocycles. The van der Waals surface area contributed by atoms with E-state index in [2.05, 4.69) is 20.9 Å². The maximum atomic E-state index is 12.8. The van der Waals surface area contributed by atoms with E-state index in [4.69, 9.17) is 0 Å². The molecule has 5 rings (SSSR count). The highest BCUT2D eigenvalue weighted by Gasteiger charge is 2.39. The van der Waals surface area contributed by atoms with Crippen molar-refractivity contribution in [2.75, 3.05) is 6.54 Å². The number of imide groups is 1. The monoisotopic (exact) mass is 380 g/mol. The van der Waals surface area contributed by atoms with Crippen LogP contribution in [0.15, 0.2) is 24.4 Å². The van der Waals surface area contributed by atoms with Crippen LogP contribution < -0.4 is 10.6 Å². The Morgan fingerprint density at radius 1 is 1.14 bits per heavy atom. The third-order valence-corrected chi connectivity index (χ3v) is 5.70. The van der Waals surface area contributed by atoms with Gasteiger partial charge in [0.1, 0.15) is 11.7 Å². The first kappa shape index (κ1) is 17.1. The third-order valence-electron chi connectivity index (χ3n) is 5.70. The molecule has 0 spiro atoms. The number of rotatable bonds is 3. The van der Waals surface area contributed by atoms with Gasteiger partial charge in [-0.3, -0.25) is 19.7 Å². The van der Waals surface area contributed by atoms with Crippen molar-refractivity contribution in [1.29, 1.82) is 0 Å². The summed E-state index contributed by atoms with van der Waals surface area (Å²) < 4.78 is 1.72. The number of fused-ring (bicyclic) bond motifs is 1. The van der Waals surface area contributed by atoms with E-state index in [1.54, 1.807) is 15.6 Å². The van der Waals surface area contributed by atoms with E-state index < -0.39 is 11.9 Å². The van der Waals surface area contributed by atoms with Gasteiger partial charge in [-0.15, -0.1) is 5.10 Å². The Morgan fingerprint density at radius 3 is 2.82 bits per heavy atom. The lowest BCUT2D eigenvalue weighted by Gasteiger charge is -2.29. The smallest absolute Gasteiger partial charge is 0.255 e. The fraction of sp³-hybridized carbons (Fsp3) is 0.421. The molecule has 0 saturated carbocycles. The Balaban J connectivity index is 1.38. The molecule has 2 atom stereocenters. The average molecular weight is 380 g/mol. The van der Waals surface area contributed by atoms with E-state index in [9.17, 15) is 14.4 Å².